The number of allylic oxidation sites excluding steroid dienone is 1. The van der Waals surface area contributed by atoms with Crippen molar-refractivity contribution in [2.45, 2.75) is 32.6 Å². The van der Waals surface area contributed by atoms with Crippen molar-refractivity contribution in [1.29, 1.82) is 5.26 Å². The SMILES string of the molecule is CCOC(=O)C(C)(C)c1cc2c(cn1)CC(=O)C(C#N)=C2O. The lowest BCUT2D eigenvalue weighted by molar-refractivity contribution is -0.149. The van der Waals surface area contributed by atoms with E-state index in [2.05, 4.69) is 4.98 Å². The van der Waals surface area contributed by atoms with Crippen LogP contribution in [0.25, 0.3) is 5.76 Å². The van der Waals surface area contributed by atoms with Crippen LogP contribution >= 0.6 is 0 Å². The summed E-state index contributed by atoms with van der Waals surface area (Å²) in [5.74, 6) is -1.23. The van der Waals surface area contributed by atoms with Crippen LogP contribution in [-0.4, -0.2) is 28.4 Å². The first-order valence-corrected chi connectivity index (χ1v) is 6.86. The van der Waals surface area contributed by atoms with E-state index in [0.717, 1.165) is 0 Å². The van der Waals surface area contributed by atoms with Crippen molar-refractivity contribution in [3.8, 4) is 6.07 Å². The van der Waals surface area contributed by atoms with Crippen LogP contribution in [0, 0.1) is 11.3 Å². The van der Waals surface area contributed by atoms with Crippen LogP contribution in [0.2, 0.25) is 0 Å². The number of nitriles is 1. The molecule has 1 aromatic heterocycles. The fourth-order valence-electron chi connectivity index (χ4n) is 2.25. The fraction of sp³-hybridized carbons (Fsp3) is 0.375. The fourth-order valence-corrected chi connectivity index (χ4v) is 2.25. The Labute approximate surface area is 128 Å². The number of carbonyl (C=O) groups is 2. The summed E-state index contributed by atoms with van der Waals surface area (Å²) < 4.78 is 5.03. The van der Waals surface area contributed by atoms with Gasteiger partial charge >= 0.3 is 5.97 Å². The molecule has 0 bridgehead atoms. The molecule has 1 aliphatic rings. The van der Waals surface area contributed by atoms with E-state index in [4.69, 9.17) is 10.00 Å². The number of fused-ring (bicyclic) bond motifs is 1. The third-order valence-electron chi connectivity index (χ3n) is 3.65. The Hall–Kier alpha value is -2.68. The number of ether oxygens (including phenoxy) is 1. The highest BCUT2D eigenvalue weighted by Crippen LogP contribution is 2.31. The van der Waals surface area contributed by atoms with E-state index >= 15 is 0 Å². The number of aromatic nitrogens is 1. The number of Topliss-reactive ketones (excluding diaryl/α,β-unsaturated/α-hetero) is 1. The molecular formula is C16H16N2O4. The minimum atomic E-state index is -1.00. The van der Waals surface area contributed by atoms with E-state index in [9.17, 15) is 14.7 Å². The predicted molar refractivity (Wildman–Crippen MR) is 77.8 cm³/mol. The van der Waals surface area contributed by atoms with Gasteiger partial charge in [0.2, 0.25) is 0 Å². The Morgan fingerprint density at radius 1 is 1.55 bits per heavy atom. The van der Waals surface area contributed by atoms with Crippen molar-refractivity contribution >= 4 is 17.5 Å². The first-order valence-electron chi connectivity index (χ1n) is 6.86. The number of nitrogens with zero attached hydrogens (tertiary/aromatic N) is 2. The Morgan fingerprint density at radius 2 is 2.23 bits per heavy atom. The molecule has 0 spiro atoms. The lowest BCUT2D eigenvalue weighted by Crippen LogP contribution is -2.32. The number of hydrogen-bond acceptors (Lipinski definition) is 6. The number of hydrogen-bond donors (Lipinski definition) is 1. The van der Waals surface area contributed by atoms with Gasteiger partial charge in [0.1, 0.15) is 22.8 Å². The van der Waals surface area contributed by atoms with Gasteiger partial charge in [0.15, 0.2) is 5.78 Å². The van der Waals surface area contributed by atoms with Crippen molar-refractivity contribution < 1.29 is 19.4 Å². The van der Waals surface area contributed by atoms with Gasteiger partial charge in [0.05, 0.1) is 12.3 Å². The van der Waals surface area contributed by atoms with Gasteiger partial charge in [0.25, 0.3) is 0 Å². The molecule has 0 saturated carbocycles. The third-order valence-corrected chi connectivity index (χ3v) is 3.65. The Morgan fingerprint density at radius 3 is 2.82 bits per heavy atom. The summed E-state index contributed by atoms with van der Waals surface area (Å²) in [6.45, 7) is 5.30. The first-order chi connectivity index (χ1) is 10.3. The minimum absolute atomic E-state index is 0.00933. The molecule has 1 aliphatic carbocycles. The Balaban J connectivity index is 2.53. The third kappa shape index (κ3) is 2.46. The number of ketones is 1. The molecule has 0 radical (unpaired) electrons. The normalized spacial score (nSPS) is 14.4. The lowest BCUT2D eigenvalue weighted by atomic mass is 9.84. The van der Waals surface area contributed by atoms with Gasteiger partial charge in [-0.25, -0.2) is 0 Å². The summed E-state index contributed by atoms with van der Waals surface area (Å²) >= 11 is 0. The number of aliphatic hydroxyl groups is 1. The number of aliphatic hydroxyl groups excluding tert-OH is 1. The van der Waals surface area contributed by atoms with Gasteiger partial charge in [-0.05, 0) is 32.4 Å². The predicted octanol–water partition coefficient (Wildman–Crippen LogP) is 1.84. The van der Waals surface area contributed by atoms with Crippen LogP contribution in [0.4, 0.5) is 0 Å². The van der Waals surface area contributed by atoms with Crippen LogP contribution in [-0.2, 0) is 26.2 Å². The lowest BCUT2D eigenvalue weighted by Gasteiger charge is -2.24. The average Bonchev–Trinajstić information content (AvgIpc) is 2.47. The monoisotopic (exact) mass is 300 g/mol. The highest BCUT2D eigenvalue weighted by Gasteiger charge is 2.35. The molecule has 6 heteroatoms. The standard InChI is InChI=1S/C16H16N2O4/c1-4-22-15(21)16(2,3)13-6-10-9(8-18-13)5-12(19)11(7-17)14(10)20/h6,8,20H,4-5H2,1-3H3. The van der Waals surface area contributed by atoms with E-state index in [0.29, 0.717) is 16.8 Å². The molecule has 0 saturated heterocycles. The van der Waals surface area contributed by atoms with Gasteiger partial charge in [-0.15, -0.1) is 0 Å². The summed E-state index contributed by atoms with van der Waals surface area (Å²) in [7, 11) is 0. The molecule has 0 aromatic carbocycles. The van der Waals surface area contributed by atoms with E-state index in [1.165, 1.54) is 12.3 Å². The molecule has 0 amide bonds. The maximum atomic E-state index is 12.0. The maximum absolute atomic E-state index is 12.0. The molecule has 1 heterocycles. The van der Waals surface area contributed by atoms with E-state index in [-0.39, 0.29) is 24.4 Å². The molecule has 6 nitrogen and oxygen atoms in total. The summed E-state index contributed by atoms with van der Waals surface area (Å²) in [5, 5.41) is 19.1. The van der Waals surface area contributed by atoms with E-state index < -0.39 is 17.2 Å². The van der Waals surface area contributed by atoms with Gasteiger partial charge < -0.3 is 9.84 Å². The van der Waals surface area contributed by atoms with Crippen molar-refractivity contribution in [2.24, 2.45) is 0 Å². The maximum Gasteiger partial charge on any atom is 0.317 e. The molecule has 0 aliphatic heterocycles. The van der Waals surface area contributed by atoms with E-state index in [1.54, 1.807) is 26.8 Å². The Kier molecular flexibility index (Phi) is 4.00. The molecule has 22 heavy (non-hydrogen) atoms. The van der Waals surface area contributed by atoms with Crippen LogP contribution in [0.1, 0.15) is 37.6 Å². The minimum Gasteiger partial charge on any atom is -0.506 e. The van der Waals surface area contributed by atoms with Crippen molar-refractivity contribution in [3.63, 3.8) is 0 Å². The molecule has 0 fully saturated rings. The molecule has 114 valence electrons. The molecule has 1 aromatic rings. The summed E-state index contributed by atoms with van der Waals surface area (Å²) in [5.41, 5.74) is 0.0319. The number of pyridine rings is 1. The van der Waals surface area contributed by atoms with Crippen LogP contribution in [0.3, 0.4) is 0 Å². The van der Waals surface area contributed by atoms with Crippen molar-refractivity contribution in [2.75, 3.05) is 6.61 Å². The zero-order valence-electron chi connectivity index (χ0n) is 12.6. The summed E-state index contributed by atoms with van der Waals surface area (Å²) in [6.07, 6.45) is 1.46. The number of rotatable bonds is 3. The van der Waals surface area contributed by atoms with Crippen LogP contribution < -0.4 is 0 Å². The second kappa shape index (κ2) is 5.60. The van der Waals surface area contributed by atoms with Gasteiger partial charge in [-0.3, -0.25) is 14.6 Å². The molecule has 1 N–H and O–H groups in total. The smallest absolute Gasteiger partial charge is 0.317 e. The zero-order valence-corrected chi connectivity index (χ0v) is 12.6. The van der Waals surface area contributed by atoms with Gasteiger partial charge in [-0.2, -0.15) is 5.26 Å². The second-order valence-corrected chi connectivity index (χ2v) is 5.51. The quantitative estimate of drug-likeness (QED) is 0.855. The average molecular weight is 300 g/mol. The molecule has 2 rings (SSSR count). The number of carbonyl (C=O) groups excluding carboxylic acids is 2. The second-order valence-electron chi connectivity index (χ2n) is 5.51. The highest BCUT2D eigenvalue weighted by atomic mass is 16.5. The molecular weight excluding hydrogens is 284 g/mol. The van der Waals surface area contributed by atoms with Gasteiger partial charge in [0, 0.05) is 18.2 Å². The first kappa shape index (κ1) is 15.7. The van der Waals surface area contributed by atoms with Crippen molar-refractivity contribution in [1.82, 2.24) is 4.98 Å². The Bertz CT molecular complexity index is 726. The molecule has 0 atom stereocenters. The largest absolute Gasteiger partial charge is 0.506 e. The van der Waals surface area contributed by atoms with E-state index in [1.807, 2.05) is 0 Å². The number of esters is 1. The topological polar surface area (TPSA) is 100 Å². The van der Waals surface area contributed by atoms with Gasteiger partial charge in [-0.1, -0.05) is 0 Å². The van der Waals surface area contributed by atoms with Crippen LogP contribution in [0.5, 0.6) is 0 Å². The highest BCUT2D eigenvalue weighted by molar-refractivity contribution is 6.08. The summed E-state index contributed by atoms with van der Waals surface area (Å²) in [6, 6.07) is 3.25. The van der Waals surface area contributed by atoms with Crippen molar-refractivity contribution in [3.05, 3.63) is 34.7 Å². The zero-order chi connectivity index (χ0) is 16.5. The summed E-state index contributed by atoms with van der Waals surface area (Å²) in [4.78, 5) is 28.0. The van der Waals surface area contributed by atoms with Crippen LogP contribution in [0.15, 0.2) is 17.8 Å². The molecule has 0 unspecified atom stereocenters.